The largest absolute Gasteiger partial charge is 0.321 e. The molecule has 26 heavy (non-hydrogen) atoms. The van der Waals surface area contributed by atoms with E-state index in [1.807, 2.05) is 0 Å². The van der Waals surface area contributed by atoms with Crippen LogP contribution in [-0.2, 0) is 10.0 Å². The first-order valence-electron chi connectivity index (χ1n) is 7.40. The van der Waals surface area contributed by atoms with E-state index in [1.165, 1.54) is 61.1 Å². The van der Waals surface area contributed by atoms with E-state index >= 15 is 0 Å². The zero-order valence-electron chi connectivity index (χ0n) is 13.3. The van der Waals surface area contributed by atoms with Crippen molar-refractivity contribution in [2.24, 2.45) is 0 Å². The van der Waals surface area contributed by atoms with Gasteiger partial charge < -0.3 is 5.32 Å². The third-order valence-electron chi connectivity index (χ3n) is 3.32. The summed E-state index contributed by atoms with van der Waals surface area (Å²) in [6, 6.07) is 11.0. The van der Waals surface area contributed by atoms with E-state index < -0.39 is 21.7 Å². The molecule has 0 saturated heterocycles. The minimum Gasteiger partial charge on any atom is -0.321 e. The summed E-state index contributed by atoms with van der Waals surface area (Å²) in [7, 11) is -4.03. The number of rotatable bonds is 5. The maximum Gasteiger partial charge on any atom is 0.275 e. The Hall–Kier alpha value is -3.33. The lowest BCUT2D eigenvalue weighted by atomic mass is 10.3. The van der Waals surface area contributed by atoms with Gasteiger partial charge in [0.2, 0.25) is 0 Å². The molecule has 0 unspecified atom stereocenters. The number of hydrogen-bond acceptors (Lipinski definition) is 5. The lowest BCUT2D eigenvalue weighted by Crippen LogP contribution is -2.16. The third-order valence-corrected chi connectivity index (χ3v) is 4.68. The molecule has 2 N–H and O–H groups in total. The number of nitrogens with one attached hydrogen (secondary N) is 2. The zero-order chi connectivity index (χ0) is 18.6. The van der Waals surface area contributed by atoms with Gasteiger partial charge in [0, 0.05) is 18.1 Å². The van der Waals surface area contributed by atoms with Crippen molar-refractivity contribution in [1.29, 1.82) is 0 Å². The molecule has 132 valence electrons. The van der Waals surface area contributed by atoms with Crippen LogP contribution in [0, 0.1) is 5.82 Å². The second-order valence-electron chi connectivity index (χ2n) is 5.16. The summed E-state index contributed by atoms with van der Waals surface area (Å²) >= 11 is 0. The fourth-order valence-corrected chi connectivity index (χ4v) is 3.21. The van der Waals surface area contributed by atoms with E-state index in [0.29, 0.717) is 0 Å². The van der Waals surface area contributed by atoms with E-state index in [4.69, 9.17) is 0 Å². The molecule has 1 amide bonds. The van der Waals surface area contributed by atoms with Crippen molar-refractivity contribution in [3.63, 3.8) is 0 Å². The number of halogens is 1. The van der Waals surface area contributed by atoms with Gasteiger partial charge in [0.1, 0.15) is 11.5 Å². The number of aromatic nitrogens is 2. The summed E-state index contributed by atoms with van der Waals surface area (Å²) < 4.78 is 40.8. The quantitative estimate of drug-likeness (QED) is 0.717. The number of para-hydroxylation sites is 1. The molecule has 3 aromatic rings. The molecule has 0 aliphatic carbocycles. The van der Waals surface area contributed by atoms with Gasteiger partial charge in [-0.25, -0.2) is 17.8 Å². The maximum atomic E-state index is 13.7. The average Bonchev–Trinajstić information content (AvgIpc) is 2.64. The topological polar surface area (TPSA) is 101 Å². The number of hydrogen-bond donors (Lipinski definition) is 2. The van der Waals surface area contributed by atoms with E-state index in [0.717, 1.165) is 6.07 Å². The molecule has 0 spiro atoms. The van der Waals surface area contributed by atoms with Crippen LogP contribution in [0.5, 0.6) is 0 Å². The van der Waals surface area contributed by atoms with Gasteiger partial charge in [0.25, 0.3) is 15.9 Å². The van der Waals surface area contributed by atoms with Gasteiger partial charge in [0.15, 0.2) is 0 Å². The van der Waals surface area contributed by atoms with Gasteiger partial charge in [-0.3, -0.25) is 14.5 Å². The number of benzene rings is 2. The molecular weight excluding hydrogens is 359 g/mol. The number of sulfonamides is 1. The molecule has 0 aliphatic rings. The summed E-state index contributed by atoms with van der Waals surface area (Å²) in [4.78, 5) is 19.6. The molecule has 0 atom stereocenters. The number of amides is 1. The standard InChI is InChI=1S/C17H13FN4O3S/c18-14-6-1-2-7-15(14)22-26(24,25)13-5-3-4-12(10-13)21-17(23)16-11-19-8-9-20-16/h1-11,22H,(H,21,23). The fourth-order valence-electron chi connectivity index (χ4n) is 2.10. The second kappa shape index (κ2) is 7.28. The minimum atomic E-state index is -4.03. The maximum absolute atomic E-state index is 13.7. The molecule has 1 aromatic heterocycles. The molecule has 0 fully saturated rings. The summed E-state index contributed by atoms with van der Waals surface area (Å²) in [5.74, 6) is -1.22. The molecule has 2 aromatic carbocycles. The van der Waals surface area contributed by atoms with Crippen LogP contribution in [-0.4, -0.2) is 24.3 Å². The molecule has 3 rings (SSSR count). The molecule has 0 aliphatic heterocycles. The highest BCUT2D eigenvalue weighted by Gasteiger charge is 2.17. The number of carbonyl (C=O) groups excluding carboxylic acids is 1. The highest BCUT2D eigenvalue weighted by molar-refractivity contribution is 7.92. The van der Waals surface area contributed by atoms with Crippen LogP contribution in [0.15, 0.2) is 72.0 Å². The van der Waals surface area contributed by atoms with Crippen molar-refractivity contribution < 1.29 is 17.6 Å². The Bertz CT molecular complexity index is 1040. The van der Waals surface area contributed by atoms with Crippen LogP contribution < -0.4 is 10.0 Å². The highest BCUT2D eigenvalue weighted by atomic mass is 32.2. The lowest BCUT2D eigenvalue weighted by molar-refractivity contribution is 0.102. The predicted octanol–water partition coefficient (Wildman–Crippen LogP) is 2.67. The molecule has 0 radical (unpaired) electrons. The SMILES string of the molecule is O=C(Nc1cccc(S(=O)(=O)Nc2ccccc2F)c1)c1cnccn1. The molecular formula is C17H13FN4O3S. The van der Waals surface area contributed by atoms with Gasteiger partial charge in [-0.1, -0.05) is 18.2 Å². The molecule has 1 heterocycles. The Morgan fingerprint density at radius 1 is 1.04 bits per heavy atom. The van der Waals surface area contributed by atoms with Crippen LogP contribution >= 0.6 is 0 Å². The number of nitrogens with zero attached hydrogens (tertiary/aromatic N) is 2. The van der Waals surface area contributed by atoms with Crippen LogP contribution in [0.3, 0.4) is 0 Å². The molecule has 0 bridgehead atoms. The molecule has 7 nitrogen and oxygen atoms in total. The van der Waals surface area contributed by atoms with Gasteiger partial charge in [0.05, 0.1) is 16.8 Å². The minimum absolute atomic E-state index is 0.0882. The summed E-state index contributed by atoms with van der Waals surface area (Å²) in [6.45, 7) is 0. The van der Waals surface area contributed by atoms with E-state index in [1.54, 1.807) is 0 Å². The smallest absolute Gasteiger partial charge is 0.275 e. The molecule has 0 saturated carbocycles. The Morgan fingerprint density at radius 2 is 1.85 bits per heavy atom. The van der Waals surface area contributed by atoms with Crippen molar-refractivity contribution in [2.75, 3.05) is 10.0 Å². The van der Waals surface area contributed by atoms with E-state index in [2.05, 4.69) is 20.0 Å². The van der Waals surface area contributed by atoms with Gasteiger partial charge in [-0.05, 0) is 30.3 Å². The molecule has 9 heteroatoms. The lowest BCUT2D eigenvalue weighted by Gasteiger charge is -2.10. The second-order valence-corrected chi connectivity index (χ2v) is 6.84. The van der Waals surface area contributed by atoms with Crippen LogP contribution in [0.25, 0.3) is 0 Å². The van der Waals surface area contributed by atoms with Crippen LogP contribution in [0.1, 0.15) is 10.5 Å². The zero-order valence-corrected chi connectivity index (χ0v) is 14.1. The Morgan fingerprint density at radius 3 is 2.58 bits per heavy atom. The Balaban J connectivity index is 1.82. The number of carbonyl (C=O) groups is 1. The van der Waals surface area contributed by atoms with Crippen molar-refractivity contribution in [3.05, 3.63) is 78.6 Å². The fraction of sp³-hybridized carbons (Fsp3) is 0. The van der Waals surface area contributed by atoms with Gasteiger partial charge in [-0.2, -0.15) is 0 Å². The first-order valence-corrected chi connectivity index (χ1v) is 8.89. The van der Waals surface area contributed by atoms with Gasteiger partial charge in [-0.15, -0.1) is 0 Å². The van der Waals surface area contributed by atoms with Crippen molar-refractivity contribution >= 4 is 27.3 Å². The van der Waals surface area contributed by atoms with Crippen molar-refractivity contribution in [3.8, 4) is 0 Å². The first-order chi connectivity index (χ1) is 12.5. The van der Waals surface area contributed by atoms with Crippen molar-refractivity contribution in [1.82, 2.24) is 9.97 Å². The predicted molar refractivity (Wildman–Crippen MR) is 93.6 cm³/mol. The van der Waals surface area contributed by atoms with E-state index in [-0.39, 0.29) is 22.0 Å². The average molecular weight is 372 g/mol. The monoisotopic (exact) mass is 372 g/mol. The highest BCUT2D eigenvalue weighted by Crippen LogP contribution is 2.21. The van der Waals surface area contributed by atoms with E-state index in [9.17, 15) is 17.6 Å². The number of anilines is 2. The summed E-state index contributed by atoms with van der Waals surface area (Å²) in [5.41, 5.74) is 0.170. The summed E-state index contributed by atoms with van der Waals surface area (Å²) in [6.07, 6.45) is 4.09. The first kappa shape index (κ1) is 17.5. The summed E-state index contributed by atoms with van der Waals surface area (Å²) in [5, 5.41) is 2.54. The Labute approximate surface area is 149 Å². The van der Waals surface area contributed by atoms with Crippen LogP contribution in [0.2, 0.25) is 0 Å². The Kier molecular flexibility index (Phi) is 4.90. The third kappa shape index (κ3) is 4.01. The van der Waals surface area contributed by atoms with Crippen molar-refractivity contribution in [2.45, 2.75) is 4.90 Å². The van der Waals surface area contributed by atoms with Gasteiger partial charge >= 0.3 is 0 Å². The van der Waals surface area contributed by atoms with Crippen LogP contribution in [0.4, 0.5) is 15.8 Å². The normalized spacial score (nSPS) is 11.0.